The number of nitrogens with one attached hydrogen (secondary N) is 1. The normalized spacial score (nSPS) is 18.9. The van der Waals surface area contributed by atoms with Crippen LogP contribution in [0.5, 0.6) is 0 Å². The van der Waals surface area contributed by atoms with Crippen molar-refractivity contribution in [3.63, 3.8) is 0 Å². The molecule has 1 heterocycles. The first kappa shape index (κ1) is 20.4. The van der Waals surface area contributed by atoms with E-state index in [-0.39, 0.29) is 11.9 Å². The Balaban J connectivity index is 2.02. The maximum Gasteiger partial charge on any atom is 0.407 e. The molecule has 1 fully saturated rings. The molecule has 0 radical (unpaired) electrons. The minimum atomic E-state index is -1.07. The van der Waals surface area contributed by atoms with Gasteiger partial charge in [-0.2, -0.15) is 0 Å². The Morgan fingerprint density at radius 1 is 1.23 bits per heavy atom. The number of rotatable bonds is 4. The van der Waals surface area contributed by atoms with Crippen LogP contribution in [0.1, 0.15) is 50.4 Å². The van der Waals surface area contributed by atoms with Gasteiger partial charge in [-0.15, -0.1) is 0 Å². The second kappa shape index (κ2) is 8.66. The first-order chi connectivity index (χ1) is 12.2. The fraction of sp³-hybridized carbons (Fsp3) is 0.579. The van der Waals surface area contributed by atoms with Crippen LogP contribution in [0.4, 0.5) is 4.79 Å². The molecule has 2 unspecified atom stereocenters. The zero-order valence-corrected chi connectivity index (χ0v) is 16.7. The van der Waals surface area contributed by atoms with Gasteiger partial charge in [0, 0.05) is 46.6 Å². The van der Waals surface area contributed by atoms with E-state index in [1.165, 1.54) is 0 Å². The van der Waals surface area contributed by atoms with Gasteiger partial charge in [-0.25, -0.2) is 4.79 Å². The fourth-order valence-corrected chi connectivity index (χ4v) is 3.47. The molecular formula is C19H28N2O4S. The second-order valence-electron chi connectivity index (χ2n) is 7.51. The third-order valence-electron chi connectivity index (χ3n) is 4.20. The van der Waals surface area contributed by atoms with Gasteiger partial charge < -0.3 is 15.0 Å². The van der Waals surface area contributed by atoms with E-state index < -0.39 is 22.5 Å². The lowest BCUT2D eigenvalue weighted by Gasteiger charge is -2.36. The summed E-state index contributed by atoms with van der Waals surface area (Å²) in [6.07, 6.45) is 3.97. The second-order valence-corrected chi connectivity index (χ2v) is 8.89. The van der Waals surface area contributed by atoms with E-state index in [2.05, 4.69) is 5.32 Å². The van der Waals surface area contributed by atoms with Crippen LogP contribution in [0.3, 0.4) is 0 Å². The zero-order chi connectivity index (χ0) is 19.3. The lowest BCUT2D eigenvalue weighted by molar-refractivity contribution is 0.0462. The van der Waals surface area contributed by atoms with E-state index in [1.807, 2.05) is 25.7 Å². The van der Waals surface area contributed by atoms with Gasteiger partial charge in [-0.05, 0) is 64.3 Å². The smallest absolute Gasteiger partial charge is 0.407 e. The number of carbonyl (C=O) groups is 2. The molecule has 1 aliphatic heterocycles. The largest absolute Gasteiger partial charge is 0.444 e. The summed E-state index contributed by atoms with van der Waals surface area (Å²) in [5, 5.41) is 2.77. The van der Waals surface area contributed by atoms with E-state index in [0.717, 1.165) is 19.3 Å². The maximum atomic E-state index is 12.9. The highest BCUT2D eigenvalue weighted by atomic mass is 32.2. The quantitative estimate of drug-likeness (QED) is 0.871. The average Bonchev–Trinajstić information content (AvgIpc) is 2.58. The van der Waals surface area contributed by atoms with Crippen molar-refractivity contribution in [2.75, 3.05) is 19.3 Å². The molecule has 1 saturated heterocycles. The Morgan fingerprint density at radius 2 is 1.88 bits per heavy atom. The van der Waals surface area contributed by atoms with Gasteiger partial charge in [0.15, 0.2) is 0 Å². The van der Waals surface area contributed by atoms with Crippen LogP contribution < -0.4 is 5.32 Å². The van der Waals surface area contributed by atoms with Gasteiger partial charge in [0.1, 0.15) is 5.60 Å². The summed E-state index contributed by atoms with van der Waals surface area (Å²) in [5.74, 6) is -0.0610. The lowest BCUT2D eigenvalue weighted by Crippen LogP contribution is -2.50. The van der Waals surface area contributed by atoms with Crippen LogP contribution in [0, 0.1) is 0 Å². The Hall–Kier alpha value is -1.89. The van der Waals surface area contributed by atoms with Crippen molar-refractivity contribution in [3.05, 3.63) is 29.8 Å². The van der Waals surface area contributed by atoms with E-state index in [1.54, 1.807) is 30.5 Å². The first-order valence-corrected chi connectivity index (χ1v) is 10.4. The molecule has 2 rings (SSSR count). The molecule has 6 nitrogen and oxygen atoms in total. The molecule has 7 heteroatoms. The number of hydrogen-bond donors (Lipinski definition) is 1. The zero-order valence-electron chi connectivity index (χ0n) is 15.9. The SMILES string of the molecule is CS(=O)c1ccc(C(=O)N2CCCCC2CNC(=O)OC(C)(C)C)cc1. The third kappa shape index (κ3) is 5.83. The van der Waals surface area contributed by atoms with Crippen molar-refractivity contribution < 1.29 is 18.5 Å². The molecule has 144 valence electrons. The predicted octanol–water partition coefficient (Wildman–Crippen LogP) is 2.94. The molecule has 0 aromatic heterocycles. The van der Waals surface area contributed by atoms with Crippen molar-refractivity contribution in [1.82, 2.24) is 10.2 Å². The summed E-state index contributed by atoms with van der Waals surface area (Å²) < 4.78 is 16.8. The van der Waals surface area contributed by atoms with Gasteiger partial charge in [-0.1, -0.05) is 0 Å². The Kier molecular flexibility index (Phi) is 6.81. The number of benzene rings is 1. The van der Waals surface area contributed by atoms with E-state index in [4.69, 9.17) is 4.74 Å². The summed E-state index contributed by atoms with van der Waals surface area (Å²) in [7, 11) is -1.07. The molecule has 1 aromatic rings. The van der Waals surface area contributed by atoms with Crippen molar-refractivity contribution in [2.24, 2.45) is 0 Å². The van der Waals surface area contributed by atoms with Gasteiger partial charge in [0.25, 0.3) is 5.91 Å². The van der Waals surface area contributed by atoms with Gasteiger partial charge in [0.05, 0.1) is 0 Å². The van der Waals surface area contributed by atoms with Crippen molar-refractivity contribution >= 4 is 22.8 Å². The molecule has 0 bridgehead atoms. The third-order valence-corrected chi connectivity index (χ3v) is 5.14. The Labute approximate surface area is 157 Å². The number of carbonyl (C=O) groups excluding carboxylic acids is 2. The van der Waals surface area contributed by atoms with Crippen molar-refractivity contribution in [3.8, 4) is 0 Å². The van der Waals surface area contributed by atoms with Crippen LogP contribution in [-0.4, -0.2) is 52.1 Å². The van der Waals surface area contributed by atoms with E-state index >= 15 is 0 Å². The summed E-state index contributed by atoms with van der Waals surface area (Å²) in [4.78, 5) is 27.3. The minimum Gasteiger partial charge on any atom is -0.444 e. The summed E-state index contributed by atoms with van der Waals surface area (Å²) >= 11 is 0. The van der Waals surface area contributed by atoms with Crippen LogP contribution in [0.2, 0.25) is 0 Å². The van der Waals surface area contributed by atoms with E-state index in [9.17, 15) is 13.8 Å². The topological polar surface area (TPSA) is 75.7 Å². The van der Waals surface area contributed by atoms with Crippen LogP contribution in [0.25, 0.3) is 0 Å². The molecule has 2 atom stereocenters. The molecule has 1 N–H and O–H groups in total. The standard InChI is InChI=1S/C19H28N2O4S/c1-19(2,3)25-18(23)20-13-15-7-5-6-12-21(15)17(22)14-8-10-16(11-9-14)26(4)24/h8-11,15H,5-7,12-13H2,1-4H3,(H,20,23). The Morgan fingerprint density at radius 3 is 2.46 bits per heavy atom. The predicted molar refractivity (Wildman–Crippen MR) is 102 cm³/mol. The molecule has 0 saturated carbocycles. The molecule has 0 spiro atoms. The van der Waals surface area contributed by atoms with Gasteiger partial charge in [0.2, 0.25) is 0 Å². The molecular weight excluding hydrogens is 352 g/mol. The number of piperidine rings is 1. The van der Waals surface area contributed by atoms with Crippen LogP contribution >= 0.6 is 0 Å². The average molecular weight is 381 g/mol. The molecule has 2 amide bonds. The van der Waals surface area contributed by atoms with Gasteiger partial charge in [-0.3, -0.25) is 9.00 Å². The minimum absolute atomic E-state index is 0.0521. The number of amides is 2. The highest BCUT2D eigenvalue weighted by molar-refractivity contribution is 7.84. The summed E-state index contributed by atoms with van der Waals surface area (Å²) in [6.45, 7) is 6.49. The number of hydrogen-bond acceptors (Lipinski definition) is 4. The van der Waals surface area contributed by atoms with Crippen LogP contribution in [-0.2, 0) is 15.5 Å². The van der Waals surface area contributed by atoms with Gasteiger partial charge >= 0.3 is 6.09 Å². The lowest BCUT2D eigenvalue weighted by atomic mass is 10.0. The van der Waals surface area contributed by atoms with Crippen LogP contribution in [0.15, 0.2) is 29.2 Å². The molecule has 1 aromatic carbocycles. The molecule has 26 heavy (non-hydrogen) atoms. The summed E-state index contributed by atoms with van der Waals surface area (Å²) in [5.41, 5.74) is 0.0242. The van der Waals surface area contributed by atoms with Crippen molar-refractivity contribution in [2.45, 2.75) is 56.6 Å². The number of ether oxygens (including phenoxy) is 1. The number of likely N-dealkylation sites (tertiary alicyclic amines) is 1. The fourth-order valence-electron chi connectivity index (χ4n) is 2.95. The highest BCUT2D eigenvalue weighted by Gasteiger charge is 2.28. The summed E-state index contributed by atoms with van der Waals surface area (Å²) in [6, 6.07) is 6.82. The molecule has 0 aliphatic carbocycles. The Bertz CT molecular complexity index is 667. The first-order valence-electron chi connectivity index (χ1n) is 8.88. The highest BCUT2D eigenvalue weighted by Crippen LogP contribution is 2.20. The maximum absolute atomic E-state index is 12.9. The molecule has 1 aliphatic rings. The number of nitrogens with zero attached hydrogens (tertiary/aromatic N) is 1. The van der Waals surface area contributed by atoms with Crippen molar-refractivity contribution in [1.29, 1.82) is 0 Å². The monoisotopic (exact) mass is 380 g/mol. The number of alkyl carbamates (subject to hydrolysis) is 1. The van der Waals surface area contributed by atoms with E-state index in [0.29, 0.717) is 23.5 Å².